The number of pyridine rings is 1. The number of aromatic nitrogens is 3. The number of aryl methyl sites for hydroxylation is 1. The number of nitrogens with zero attached hydrogens (tertiary/aromatic N) is 3. The molecule has 0 aliphatic heterocycles. The Bertz CT molecular complexity index is 773. The van der Waals surface area contributed by atoms with Crippen molar-refractivity contribution in [3.63, 3.8) is 0 Å². The molecule has 2 heterocycles. The number of fused-ring (bicyclic) bond motifs is 1. The lowest BCUT2D eigenvalue weighted by atomic mass is 10.2. The maximum Gasteiger partial charge on any atom is 0.322 e. The maximum absolute atomic E-state index is 5.70. The molecule has 0 radical (unpaired) electrons. The van der Waals surface area contributed by atoms with Gasteiger partial charge in [0.1, 0.15) is 5.75 Å². The van der Waals surface area contributed by atoms with Crippen molar-refractivity contribution in [1.29, 1.82) is 0 Å². The number of para-hydroxylation sites is 1. The Morgan fingerprint density at radius 2 is 2.00 bits per heavy atom. The summed E-state index contributed by atoms with van der Waals surface area (Å²) in [6, 6.07) is 10.2. The van der Waals surface area contributed by atoms with Crippen LogP contribution in [0.4, 0.5) is 0 Å². The molecule has 21 heavy (non-hydrogen) atoms. The van der Waals surface area contributed by atoms with E-state index in [9.17, 15) is 0 Å². The molecule has 0 aliphatic carbocycles. The van der Waals surface area contributed by atoms with Gasteiger partial charge in [-0.15, -0.1) is 0 Å². The van der Waals surface area contributed by atoms with Crippen molar-refractivity contribution in [2.24, 2.45) is 0 Å². The van der Waals surface area contributed by atoms with Gasteiger partial charge in [-0.1, -0.05) is 18.2 Å². The molecule has 0 unspecified atom stereocenters. The topological polar surface area (TPSA) is 59.9 Å². The number of benzene rings is 1. The van der Waals surface area contributed by atoms with Crippen molar-refractivity contribution in [2.75, 3.05) is 7.05 Å². The minimum atomic E-state index is 0.337. The van der Waals surface area contributed by atoms with Crippen molar-refractivity contribution in [3.8, 4) is 11.8 Å². The average molecular weight is 280 g/mol. The average Bonchev–Trinajstić information content (AvgIpc) is 2.50. The predicted octanol–water partition coefficient (Wildman–Crippen LogP) is 2.84. The lowest BCUT2D eigenvalue weighted by Crippen LogP contribution is -2.08. The second-order valence-corrected chi connectivity index (χ2v) is 4.76. The van der Waals surface area contributed by atoms with Crippen molar-refractivity contribution in [2.45, 2.75) is 13.5 Å². The summed E-state index contributed by atoms with van der Waals surface area (Å²) in [7, 11) is 1.89. The minimum absolute atomic E-state index is 0.337. The molecule has 0 atom stereocenters. The van der Waals surface area contributed by atoms with Crippen molar-refractivity contribution < 1.29 is 4.74 Å². The van der Waals surface area contributed by atoms with E-state index in [0.717, 1.165) is 28.7 Å². The number of hydrogen-bond donors (Lipinski definition) is 1. The van der Waals surface area contributed by atoms with Crippen molar-refractivity contribution in [1.82, 2.24) is 20.3 Å². The van der Waals surface area contributed by atoms with E-state index in [1.807, 2.05) is 44.3 Å². The molecule has 0 fully saturated rings. The van der Waals surface area contributed by atoms with E-state index in [1.54, 1.807) is 12.4 Å². The molecule has 3 aromatic rings. The van der Waals surface area contributed by atoms with Crippen LogP contribution in [-0.2, 0) is 6.54 Å². The summed E-state index contributed by atoms with van der Waals surface area (Å²) in [6.45, 7) is 2.68. The number of hydrogen-bond acceptors (Lipinski definition) is 5. The van der Waals surface area contributed by atoms with Gasteiger partial charge >= 0.3 is 6.01 Å². The van der Waals surface area contributed by atoms with Crippen LogP contribution in [0.15, 0.2) is 42.7 Å². The smallest absolute Gasteiger partial charge is 0.322 e. The highest BCUT2D eigenvalue weighted by molar-refractivity contribution is 5.79. The quantitative estimate of drug-likeness (QED) is 0.796. The molecule has 1 N–H and O–H groups in total. The molecule has 0 saturated carbocycles. The van der Waals surface area contributed by atoms with Gasteiger partial charge in [-0.2, -0.15) is 4.98 Å². The molecule has 0 bridgehead atoms. The number of ether oxygens (including phenoxy) is 1. The fraction of sp³-hybridized carbons (Fsp3) is 0.188. The lowest BCUT2D eigenvalue weighted by Gasteiger charge is -2.08. The zero-order valence-electron chi connectivity index (χ0n) is 12.0. The van der Waals surface area contributed by atoms with Gasteiger partial charge in [-0.25, -0.2) is 4.98 Å². The summed E-state index contributed by atoms with van der Waals surface area (Å²) in [4.78, 5) is 13.0. The summed E-state index contributed by atoms with van der Waals surface area (Å²) in [6.07, 6.45) is 3.46. The first kappa shape index (κ1) is 13.5. The Kier molecular flexibility index (Phi) is 3.75. The highest BCUT2D eigenvalue weighted by atomic mass is 16.5. The normalized spacial score (nSPS) is 10.8. The van der Waals surface area contributed by atoms with Crippen LogP contribution in [0.3, 0.4) is 0 Å². The van der Waals surface area contributed by atoms with E-state index in [0.29, 0.717) is 11.8 Å². The third kappa shape index (κ3) is 2.98. The molecular formula is C16H16N4O. The van der Waals surface area contributed by atoms with Crippen molar-refractivity contribution in [3.05, 3.63) is 54.0 Å². The van der Waals surface area contributed by atoms with Crippen LogP contribution in [0.25, 0.3) is 10.9 Å². The molecule has 1 aromatic carbocycles. The van der Waals surface area contributed by atoms with Crippen LogP contribution < -0.4 is 10.1 Å². The lowest BCUT2D eigenvalue weighted by molar-refractivity contribution is 0.438. The van der Waals surface area contributed by atoms with Crippen LogP contribution in [-0.4, -0.2) is 22.0 Å². The predicted molar refractivity (Wildman–Crippen MR) is 81.3 cm³/mol. The van der Waals surface area contributed by atoms with E-state index in [-0.39, 0.29) is 0 Å². The van der Waals surface area contributed by atoms with E-state index < -0.39 is 0 Å². The summed E-state index contributed by atoms with van der Waals surface area (Å²) in [5.74, 6) is 0.634. The van der Waals surface area contributed by atoms with Gasteiger partial charge in [-0.3, -0.25) is 4.98 Å². The maximum atomic E-state index is 5.70. The SMILES string of the molecule is CNCc1cnc(Oc2cnc3ccccc3c2)nc1C. The molecule has 0 spiro atoms. The Hall–Kier alpha value is -2.53. The summed E-state index contributed by atoms with van der Waals surface area (Å²) < 4.78 is 5.70. The standard InChI is InChI=1S/C16H16N4O/c1-11-13(8-17-2)9-19-16(20-11)21-14-7-12-5-3-4-6-15(12)18-10-14/h3-7,9-10,17H,8H2,1-2H3. The van der Waals surface area contributed by atoms with Gasteiger partial charge in [-0.05, 0) is 26.1 Å². The Morgan fingerprint density at radius 3 is 2.81 bits per heavy atom. The van der Waals surface area contributed by atoms with Crippen LogP contribution >= 0.6 is 0 Å². The second kappa shape index (κ2) is 5.85. The monoisotopic (exact) mass is 280 g/mol. The number of nitrogens with one attached hydrogen (secondary N) is 1. The molecule has 5 heteroatoms. The molecule has 0 aliphatic rings. The van der Waals surface area contributed by atoms with Gasteiger partial charge < -0.3 is 10.1 Å². The van der Waals surface area contributed by atoms with Crippen LogP contribution in [0.2, 0.25) is 0 Å². The number of rotatable bonds is 4. The zero-order valence-corrected chi connectivity index (χ0v) is 12.0. The first-order chi connectivity index (χ1) is 10.3. The van der Waals surface area contributed by atoms with Crippen LogP contribution in [0.5, 0.6) is 11.8 Å². The zero-order chi connectivity index (χ0) is 14.7. The van der Waals surface area contributed by atoms with Gasteiger partial charge in [0.25, 0.3) is 0 Å². The molecule has 5 nitrogen and oxygen atoms in total. The molecule has 2 aromatic heterocycles. The highest BCUT2D eigenvalue weighted by Gasteiger charge is 2.06. The van der Waals surface area contributed by atoms with Crippen LogP contribution in [0.1, 0.15) is 11.3 Å². The molecule has 0 amide bonds. The summed E-state index contributed by atoms with van der Waals surface area (Å²) in [5, 5.41) is 4.11. The van der Waals surface area contributed by atoms with Gasteiger partial charge in [0, 0.05) is 29.4 Å². The first-order valence-electron chi connectivity index (χ1n) is 6.76. The molecule has 0 saturated heterocycles. The van der Waals surface area contributed by atoms with Gasteiger partial charge in [0.15, 0.2) is 0 Å². The largest absolute Gasteiger partial charge is 0.423 e. The van der Waals surface area contributed by atoms with E-state index in [2.05, 4.69) is 20.3 Å². The molecule has 3 rings (SSSR count). The summed E-state index contributed by atoms with van der Waals surface area (Å²) in [5.41, 5.74) is 2.90. The molecular weight excluding hydrogens is 264 g/mol. The van der Waals surface area contributed by atoms with Gasteiger partial charge in [0.05, 0.1) is 11.7 Å². The Balaban J connectivity index is 1.86. The Labute approximate surface area is 123 Å². The minimum Gasteiger partial charge on any atom is -0.423 e. The fourth-order valence-corrected chi connectivity index (χ4v) is 2.10. The third-order valence-corrected chi connectivity index (χ3v) is 3.20. The second-order valence-electron chi connectivity index (χ2n) is 4.76. The fourth-order valence-electron chi connectivity index (χ4n) is 2.10. The van der Waals surface area contributed by atoms with Crippen molar-refractivity contribution >= 4 is 10.9 Å². The van der Waals surface area contributed by atoms with E-state index in [4.69, 9.17) is 4.74 Å². The summed E-state index contributed by atoms with van der Waals surface area (Å²) >= 11 is 0. The molecule has 106 valence electrons. The third-order valence-electron chi connectivity index (χ3n) is 3.20. The highest BCUT2D eigenvalue weighted by Crippen LogP contribution is 2.22. The van der Waals surface area contributed by atoms with E-state index >= 15 is 0 Å². The van der Waals surface area contributed by atoms with E-state index in [1.165, 1.54) is 0 Å². The Morgan fingerprint density at radius 1 is 1.14 bits per heavy atom. The first-order valence-corrected chi connectivity index (χ1v) is 6.76. The van der Waals surface area contributed by atoms with Crippen LogP contribution in [0, 0.1) is 6.92 Å². The van der Waals surface area contributed by atoms with Gasteiger partial charge in [0.2, 0.25) is 0 Å².